The number of carbonyl (C=O) groups excluding carboxylic acids is 2. The van der Waals surface area contributed by atoms with Crippen molar-refractivity contribution in [2.75, 3.05) is 72.0 Å². The molecule has 1 saturated heterocycles. The molecule has 0 aromatic heterocycles. The standard InChI is InChI=1S/C25H49N5O3/c1-5-6-8-13-30(20-22(2)3)21-24(32)19-27-25(33)10-7-9-12-28-15-17-29(18-16-28)14-11-26-23(4)31/h7,9,22,24,32H,5-6,8,10-21H2,1-4H3,(H,26,31)(H,27,33)/b9-7+. The van der Waals surface area contributed by atoms with Crippen LogP contribution < -0.4 is 10.6 Å². The molecular weight excluding hydrogens is 418 g/mol. The third-order valence-corrected chi connectivity index (χ3v) is 5.81. The Morgan fingerprint density at radius 1 is 1.03 bits per heavy atom. The van der Waals surface area contributed by atoms with Crippen LogP contribution in [0.15, 0.2) is 12.2 Å². The molecule has 192 valence electrons. The van der Waals surface area contributed by atoms with Gasteiger partial charge in [-0.2, -0.15) is 0 Å². The molecule has 1 atom stereocenters. The maximum atomic E-state index is 12.1. The first-order valence-corrected chi connectivity index (χ1v) is 12.8. The van der Waals surface area contributed by atoms with Gasteiger partial charge in [0.2, 0.25) is 11.8 Å². The molecular formula is C25H49N5O3. The van der Waals surface area contributed by atoms with Crippen LogP contribution in [0.25, 0.3) is 0 Å². The number of hydrogen-bond donors (Lipinski definition) is 3. The van der Waals surface area contributed by atoms with E-state index in [9.17, 15) is 14.7 Å². The summed E-state index contributed by atoms with van der Waals surface area (Å²) in [5, 5.41) is 16.1. The SMILES string of the molecule is CCCCCN(CC(C)C)CC(O)CNC(=O)C/C=C/CN1CCN(CCNC(C)=O)CC1. The number of nitrogens with one attached hydrogen (secondary N) is 2. The zero-order valence-electron chi connectivity index (χ0n) is 21.5. The highest BCUT2D eigenvalue weighted by Gasteiger charge is 2.16. The molecule has 1 fully saturated rings. The number of amides is 2. The molecule has 0 aromatic rings. The summed E-state index contributed by atoms with van der Waals surface area (Å²) in [7, 11) is 0. The van der Waals surface area contributed by atoms with Crippen LogP contribution in [0.1, 0.15) is 53.4 Å². The fourth-order valence-electron chi connectivity index (χ4n) is 4.02. The first-order chi connectivity index (χ1) is 15.8. The first-order valence-electron chi connectivity index (χ1n) is 12.8. The van der Waals surface area contributed by atoms with Crippen LogP contribution in [0.2, 0.25) is 0 Å². The van der Waals surface area contributed by atoms with Crippen molar-refractivity contribution in [2.24, 2.45) is 5.92 Å². The Labute approximate surface area is 201 Å². The topological polar surface area (TPSA) is 88.2 Å². The summed E-state index contributed by atoms with van der Waals surface area (Å²) in [6.07, 6.45) is 7.33. The maximum Gasteiger partial charge on any atom is 0.223 e. The highest BCUT2D eigenvalue weighted by molar-refractivity contribution is 5.77. The molecule has 8 heteroatoms. The zero-order chi connectivity index (χ0) is 24.5. The molecule has 8 nitrogen and oxygen atoms in total. The number of aliphatic hydroxyl groups excluding tert-OH is 1. The van der Waals surface area contributed by atoms with Gasteiger partial charge in [0.1, 0.15) is 0 Å². The normalized spacial score (nSPS) is 16.6. The lowest BCUT2D eigenvalue weighted by Crippen LogP contribution is -2.48. The Hall–Kier alpha value is -1.48. The van der Waals surface area contributed by atoms with Gasteiger partial charge in [-0.15, -0.1) is 0 Å². The Morgan fingerprint density at radius 3 is 2.36 bits per heavy atom. The number of nitrogens with zero attached hydrogens (tertiary/aromatic N) is 3. The molecule has 0 spiro atoms. The van der Waals surface area contributed by atoms with Crippen LogP contribution >= 0.6 is 0 Å². The molecule has 1 aliphatic heterocycles. The third kappa shape index (κ3) is 15.9. The Morgan fingerprint density at radius 2 is 1.73 bits per heavy atom. The van der Waals surface area contributed by atoms with Gasteiger partial charge in [-0.1, -0.05) is 45.8 Å². The largest absolute Gasteiger partial charge is 0.390 e. The second-order valence-electron chi connectivity index (χ2n) is 9.62. The summed E-state index contributed by atoms with van der Waals surface area (Å²) in [5.74, 6) is 0.535. The minimum Gasteiger partial charge on any atom is -0.390 e. The molecule has 1 unspecified atom stereocenters. The molecule has 1 heterocycles. The van der Waals surface area contributed by atoms with E-state index in [0.717, 1.165) is 58.8 Å². The summed E-state index contributed by atoms with van der Waals surface area (Å²) < 4.78 is 0. The number of aliphatic hydroxyl groups is 1. The van der Waals surface area contributed by atoms with Gasteiger partial charge in [-0.25, -0.2) is 0 Å². The van der Waals surface area contributed by atoms with Crippen molar-refractivity contribution in [1.29, 1.82) is 0 Å². The van der Waals surface area contributed by atoms with Gasteiger partial charge < -0.3 is 20.6 Å². The molecule has 0 bridgehead atoms. The lowest BCUT2D eigenvalue weighted by molar-refractivity contribution is -0.121. The number of carbonyl (C=O) groups is 2. The lowest BCUT2D eigenvalue weighted by atomic mass is 10.1. The number of unbranched alkanes of at least 4 members (excludes halogenated alkanes) is 2. The fraction of sp³-hybridized carbons (Fsp3) is 0.840. The number of hydrogen-bond acceptors (Lipinski definition) is 6. The van der Waals surface area contributed by atoms with E-state index in [1.165, 1.54) is 12.8 Å². The molecule has 0 saturated carbocycles. The van der Waals surface area contributed by atoms with E-state index in [4.69, 9.17) is 0 Å². The smallest absolute Gasteiger partial charge is 0.223 e. The van der Waals surface area contributed by atoms with E-state index < -0.39 is 6.10 Å². The lowest BCUT2D eigenvalue weighted by Gasteiger charge is -2.34. The van der Waals surface area contributed by atoms with Crippen LogP contribution in [0, 0.1) is 5.92 Å². The molecule has 33 heavy (non-hydrogen) atoms. The van der Waals surface area contributed by atoms with Crippen molar-refractivity contribution in [3.8, 4) is 0 Å². The second-order valence-corrected chi connectivity index (χ2v) is 9.62. The van der Waals surface area contributed by atoms with Gasteiger partial charge in [0, 0.05) is 78.8 Å². The number of piperazine rings is 1. The van der Waals surface area contributed by atoms with Crippen LogP contribution in [0.5, 0.6) is 0 Å². The molecule has 3 N–H and O–H groups in total. The molecule has 0 radical (unpaired) electrons. The Kier molecular flexibility index (Phi) is 16.1. The molecule has 1 aliphatic rings. The van der Waals surface area contributed by atoms with Crippen molar-refractivity contribution in [1.82, 2.24) is 25.3 Å². The second kappa shape index (κ2) is 17.9. The summed E-state index contributed by atoms with van der Waals surface area (Å²) in [6.45, 7) is 17.4. The highest BCUT2D eigenvalue weighted by atomic mass is 16.3. The molecule has 0 aliphatic carbocycles. The van der Waals surface area contributed by atoms with Crippen molar-refractivity contribution in [2.45, 2.75) is 59.5 Å². The molecule has 2 amide bonds. The van der Waals surface area contributed by atoms with Crippen LogP contribution in [0.3, 0.4) is 0 Å². The highest BCUT2D eigenvalue weighted by Crippen LogP contribution is 2.05. The van der Waals surface area contributed by atoms with Crippen molar-refractivity contribution in [3.05, 3.63) is 12.2 Å². The van der Waals surface area contributed by atoms with E-state index in [1.807, 2.05) is 6.08 Å². The summed E-state index contributed by atoms with van der Waals surface area (Å²) in [5.41, 5.74) is 0. The van der Waals surface area contributed by atoms with Gasteiger partial charge in [0.25, 0.3) is 0 Å². The van der Waals surface area contributed by atoms with Crippen molar-refractivity contribution < 1.29 is 14.7 Å². The predicted octanol–water partition coefficient (Wildman–Crippen LogP) is 1.31. The van der Waals surface area contributed by atoms with Crippen molar-refractivity contribution >= 4 is 11.8 Å². The fourth-order valence-corrected chi connectivity index (χ4v) is 4.02. The first kappa shape index (κ1) is 29.6. The zero-order valence-corrected chi connectivity index (χ0v) is 21.5. The Bertz CT molecular complexity index is 562. The average molecular weight is 468 g/mol. The summed E-state index contributed by atoms with van der Waals surface area (Å²) in [6, 6.07) is 0. The third-order valence-electron chi connectivity index (χ3n) is 5.81. The van der Waals surface area contributed by atoms with E-state index in [2.05, 4.69) is 52.2 Å². The van der Waals surface area contributed by atoms with E-state index in [0.29, 0.717) is 32.0 Å². The van der Waals surface area contributed by atoms with E-state index in [-0.39, 0.29) is 11.8 Å². The number of rotatable bonds is 17. The monoisotopic (exact) mass is 467 g/mol. The van der Waals surface area contributed by atoms with Gasteiger partial charge in [-0.3, -0.25) is 19.4 Å². The van der Waals surface area contributed by atoms with E-state index >= 15 is 0 Å². The van der Waals surface area contributed by atoms with Crippen molar-refractivity contribution in [3.63, 3.8) is 0 Å². The average Bonchev–Trinajstić information content (AvgIpc) is 2.76. The quantitative estimate of drug-likeness (QED) is 0.221. The van der Waals surface area contributed by atoms with Gasteiger partial charge >= 0.3 is 0 Å². The van der Waals surface area contributed by atoms with Gasteiger partial charge in [0.05, 0.1) is 6.10 Å². The minimum absolute atomic E-state index is 0.0211. The van der Waals surface area contributed by atoms with Gasteiger partial charge in [0.15, 0.2) is 0 Å². The molecule has 1 rings (SSSR count). The summed E-state index contributed by atoms with van der Waals surface area (Å²) >= 11 is 0. The molecule has 0 aromatic carbocycles. The summed E-state index contributed by atoms with van der Waals surface area (Å²) in [4.78, 5) is 30.1. The van der Waals surface area contributed by atoms with Crippen LogP contribution in [-0.2, 0) is 9.59 Å². The van der Waals surface area contributed by atoms with Gasteiger partial charge in [-0.05, 0) is 18.9 Å². The van der Waals surface area contributed by atoms with E-state index in [1.54, 1.807) is 6.92 Å². The predicted molar refractivity (Wildman–Crippen MR) is 135 cm³/mol. The maximum absolute atomic E-state index is 12.1. The minimum atomic E-state index is -0.541. The van der Waals surface area contributed by atoms with Crippen LogP contribution in [-0.4, -0.2) is 110 Å². The van der Waals surface area contributed by atoms with Crippen LogP contribution in [0.4, 0.5) is 0 Å². The Balaban J connectivity index is 2.17.